The molecule has 1 saturated heterocycles. The Morgan fingerprint density at radius 2 is 2.35 bits per heavy atom. The normalized spacial score (nSPS) is 18.3. The predicted octanol–water partition coefficient (Wildman–Crippen LogP) is 0.885. The number of benzene rings is 1. The summed E-state index contributed by atoms with van der Waals surface area (Å²) in [5.74, 6) is 2.21. The van der Waals surface area contributed by atoms with Crippen LogP contribution in [0.25, 0.3) is 0 Å². The van der Waals surface area contributed by atoms with Crippen molar-refractivity contribution in [1.82, 2.24) is 5.32 Å². The van der Waals surface area contributed by atoms with Crippen LogP contribution in [-0.4, -0.2) is 17.9 Å². The number of nitrogens with one attached hydrogen (secondary N) is 2. The molecule has 2 N–H and O–H groups in total. The maximum absolute atomic E-state index is 11.8. The Labute approximate surface area is 99.4 Å². The Balaban J connectivity index is 2.03. The van der Waals surface area contributed by atoms with Crippen LogP contribution in [0.2, 0.25) is 0 Å². The zero-order chi connectivity index (χ0) is 12.3. The van der Waals surface area contributed by atoms with Crippen molar-refractivity contribution in [3.8, 4) is 12.3 Å². The highest BCUT2D eigenvalue weighted by atomic mass is 16.2. The predicted molar refractivity (Wildman–Crippen MR) is 64.2 cm³/mol. The quantitative estimate of drug-likeness (QED) is 0.738. The fourth-order valence-electron chi connectivity index (χ4n) is 1.73. The molecule has 0 spiro atoms. The lowest BCUT2D eigenvalue weighted by atomic mass is 10.2. The lowest BCUT2D eigenvalue weighted by molar-refractivity contribution is -0.122. The molecular formula is C13H12N2O2. The first kappa shape index (κ1) is 11.2. The zero-order valence-electron chi connectivity index (χ0n) is 9.19. The summed E-state index contributed by atoms with van der Waals surface area (Å²) in [7, 11) is 0. The van der Waals surface area contributed by atoms with Crippen LogP contribution >= 0.6 is 0 Å². The Bertz CT molecular complexity index is 502. The molecule has 0 saturated carbocycles. The van der Waals surface area contributed by atoms with Crippen LogP contribution in [0.5, 0.6) is 0 Å². The van der Waals surface area contributed by atoms with E-state index in [1.165, 1.54) is 0 Å². The molecule has 1 aromatic carbocycles. The summed E-state index contributed by atoms with van der Waals surface area (Å²) in [6, 6.07) is 6.60. The first-order chi connectivity index (χ1) is 8.19. The number of terminal acetylenes is 1. The minimum absolute atomic E-state index is 0.0810. The van der Waals surface area contributed by atoms with E-state index in [2.05, 4.69) is 16.6 Å². The van der Waals surface area contributed by atoms with Crippen LogP contribution in [0.1, 0.15) is 18.4 Å². The third-order valence-corrected chi connectivity index (χ3v) is 2.61. The van der Waals surface area contributed by atoms with E-state index in [0.29, 0.717) is 24.1 Å². The Kier molecular flexibility index (Phi) is 3.10. The van der Waals surface area contributed by atoms with E-state index >= 15 is 0 Å². The summed E-state index contributed by atoms with van der Waals surface area (Å²) < 4.78 is 0. The summed E-state index contributed by atoms with van der Waals surface area (Å²) in [6.45, 7) is 0. The molecule has 1 fully saturated rings. The van der Waals surface area contributed by atoms with Crippen molar-refractivity contribution in [2.75, 3.05) is 5.32 Å². The van der Waals surface area contributed by atoms with Crippen molar-refractivity contribution in [2.24, 2.45) is 0 Å². The van der Waals surface area contributed by atoms with Gasteiger partial charge in [0, 0.05) is 17.7 Å². The summed E-state index contributed by atoms with van der Waals surface area (Å²) in [5.41, 5.74) is 1.35. The van der Waals surface area contributed by atoms with Crippen molar-refractivity contribution in [1.29, 1.82) is 0 Å². The third-order valence-electron chi connectivity index (χ3n) is 2.61. The van der Waals surface area contributed by atoms with E-state index in [0.717, 1.165) is 0 Å². The average molecular weight is 228 g/mol. The van der Waals surface area contributed by atoms with Crippen molar-refractivity contribution in [3.63, 3.8) is 0 Å². The fourth-order valence-corrected chi connectivity index (χ4v) is 1.73. The topological polar surface area (TPSA) is 58.2 Å². The van der Waals surface area contributed by atoms with Crippen molar-refractivity contribution >= 4 is 17.5 Å². The number of hydrogen-bond donors (Lipinski definition) is 2. The van der Waals surface area contributed by atoms with E-state index < -0.39 is 6.04 Å². The molecule has 1 aliphatic rings. The van der Waals surface area contributed by atoms with Crippen molar-refractivity contribution < 1.29 is 9.59 Å². The molecule has 1 aromatic rings. The van der Waals surface area contributed by atoms with E-state index in [4.69, 9.17) is 6.42 Å². The number of rotatable bonds is 2. The molecule has 0 unspecified atom stereocenters. The van der Waals surface area contributed by atoms with Gasteiger partial charge in [0.15, 0.2) is 0 Å². The van der Waals surface area contributed by atoms with Crippen LogP contribution in [0.15, 0.2) is 24.3 Å². The lowest BCUT2D eigenvalue weighted by Crippen LogP contribution is -2.37. The van der Waals surface area contributed by atoms with Crippen molar-refractivity contribution in [2.45, 2.75) is 18.9 Å². The van der Waals surface area contributed by atoms with Gasteiger partial charge in [-0.05, 0) is 24.6 Å². The van der Waals surface area contributed by atoms with Gasteiger partial charge < -0.3 is 10.6 Å². The van der Waals surface area contributed by atoms with E-state index in [1.54, 1.807) is 24.3 Å². The number of hydrogen-bond acceptors (Lipinski definition) is 2. The fraction of sp³-hybridized carbons (Fsp3) is 0.231. The van der Waals surface area contributed by atoms with Gasteiger partial charge in [0.2, 0.25) is 11.8 Å². The van der Waals surface area contributed by atoms with Gasteiger partial charge in [-0.25, -0.2) is 0 Å². The van der Waals surface area contributed by atoms with Crippen LogP contribution in [0.4, 0.5) is 5.69 Å². The summed E-state index contributed by atoms with van der Waals surface area (Å²) >= 11 is 0. The summed E-state index contributed by atoms with van der Waals surface area (Å²) in [4.78, 5) is 22.8. The SMILES string of the molecule is C#Cc1cccc(NC(=O)[C@H]2CCC(=O)N2)c1. The highest BCUT2D eigenvalue weighted by Crippen LogP contribution is 2.13. The van der Waals surface area contributed by atoms with Gasteiger partial charge in [0.25, 0.3) is 0 Å². The molecule has 4 heteroatoms. The lowest BCUT2D eigenvalue weighted by Gasteiger charge is -2.10. The van der Waals surface area contributed by atoms with Crippen LogP contribution in [0, 0.1) is 12.3 Å². The molecule has 1 heterocycles. The van der Waals surface area contributed by atoms with Crippen LogP contribution in [0.3, 0.4) is 0 Å². The molecule has 0 aliphatic carbocycles. The van der Waals surface area contributed by atoms with Gasteiger partial charge in [-0.1, -0.05) is 12.0 Å². The third kappa shape index (κ3) is 2.64. The number of amides is 2. The first-order valence-corrected chi connectivity index (χ1v) is 5.36. The second-order valence-corrected chi connectivity index (χ2v) is 3.87. The zero-order valence-corrected chi connectivity index (χ0v) is 9.19. The molecule has 2 amide bonds. The van der Waals surface area contributed by atoms with Gasteiger partial charge in [0.05, 0.1) is 0 Å². The largest absolute Gasteiger partial charge is 0.344 e. The molecule has 0 aromatic heterocycles. The molecule has 0 radical (unpaired) electrons. The summed E-state index contributed by atoms with van der Waals surface area (Å²) in [6.07, 6.45) is 6.22. The summed E-state index contributed by atoms with van der Waals surface area (Å²) in [5, 5.41) is 5.34. The van der Waals surface area contributed by atoms with Gasteiger partial charge in [-0.15, -0.1) is 6.42 Å². The molecule has 2 rings (SSSR count). The molecule has 1 atom stereocenters. The minimum Gasteiger partial charge on any atom is -0.344 e. The van der Waals surface area contributed by atoms with Gasteiger partial charge in [0.1, 0.15) is 6.04 Å². The molecule has 86 valence electrons. The van der Waals surface area contributed by atoms with Crippen molar-refractivity contribution in [3.05, 3.63) is 29.8 Å². The number of carbonyl (C=O) groups is 2. The molecule has 1 aliphatic heterocycles. The van der Waals surface area contributed by atoms with Gasteiger partial charge >= 0.3 is 0 Å². The second-order valence-electron chi connectivity index (χ2n) is 3.87. The highest BCUT2D eigenvalue weighted by Gasteiger charge is 2.26. The van der Waals surface area contributed by atoms with Crippen LogP contribution < -0.4 is 10.6 Å². The number of carbonyl (C=O) groups excluding carboxylic acids is 2. The molecule has 0 bridgehead atoms. The molecule has 4 nitrogen and oxygen atoms in total. The van der Waals surface area contributed by atoms with E-state index in [1.807, 2.05) is 0 Å². The smallest absolute Gasteiger partial charge is 0.246 e. The van der Waals surface area contributed by atoms with Gasteiger partial charge in [-0.3, -0.25) is 9.59 Å². The maximum atomic E-state index is 11.8. The second kappa shape index (κ2) is 4.71. The Morgan fingerprint density at radius 1 is 1.53 bits per heavy atom. The van der Waals surface area contributed by atoms with E-state index in [9.17, 15) is 9.59 Å². The maximum Gasteiger partial charge on any atom is 0.246 e. The number of anilines is 1. The Morgan fingerprint density at radius 3 is 3.00 bits per heavy atom. The standard InChI is InChI=1S/C13H12N2O2/c1-2-9-4-3-5-10(8-9)14-13(17)11-6-7-12(16)15-11/h1,3-5,8,11H,6-7H2,(H,14,17)(H,15,16)/t11-/m1/s1. The van der Waals surface area contributed by atoms with Gasteiger partial charge in [-0.2, -0.15) is 0 Å². The monoisotopic (exact) mass is 228 g/mol. The average Bonchev–Trinajstić information content (AvgIpc) is 2.76. The Hall–Kier alpha value is -2.28. The minimum atomic E-state index is -0.433. The molecular weight excluding hydrogens is 216 g/mol. The molecule has 17 heavy (non-hydrogen) atoms. The van der Waals surface area contributed by atoms with E-state index in [-0.39, 0.29) is 11.8 Å². The van der Waals surface area contributed by atoms with Crippen LogP contribution in [-0.2, 0) is 9.59 Å². The first-order valence-electron chi connectivity index (χ1n) is 5.36. The highest BCUT2D eigenvalue weighted by molar-refractivity contribution is 5.99.